The van der Waals surface area contributed by atoms with Crippen LogP contribution in [-0.4, -0.2) is 41.6 Å². The van der Waals surface area contributed by atoms with Crippen molar-refractivity contribution in [2.75, 3.05) is 19.7 Å². The van der Waals surface area contributed by atoms with Gasteiger partial charge in [-0.25, -0.2) is 0 Å². The van der Waals surface area contributed by atoms with E-state index in [0.29, 0.717) is 32.5 Å². The second-order valence-corrected chi connectivity index (χ2v) is 5.78. The van der Waals surface area contributed by atoms with Gasteiger partial charge in [0.2, 0.25) is 5.91 Å². The molecule has 112 valence electrons. The van der Waals surface area contributed by atoms with Crippen LogP contribution in [-0.2, 0) is 16.0 Å². The third kappa shape index (κ3) is 2.86. The number of ether oxygens (including phenoxy) is 1. The molecule has 2 atom stereocenters. The Morgan fingerprint density at radius 2 is 2.05 bits per heavy atom. The molecule has 1 fully saturated rings. The summed E-state index contributed by atoms with van der Waals surface area (Å²) in [4.78, 5) is 25.4. The van der Waals surface area contributed by atoms with Gasteiger partial charge in [0.25, 0.3) is 0 Å². The number of fused-ring (bicyclic) bond motifs is 1. The summed E-state index contributed by atoms with van der Waals surface area (Å²) in [6.07, 6.45) is 2.08. The highest BCUT2D eigenvalue weighted by Crippen LogP contribution is 2.28. The smallest absolute Gasteiger partial charge is 0.308 e. The van der Waals surface area contributed by atoms with E-state index in [4.69, 9.17) is 9.84 Å². The Bertz CT molecular complexity index is 557. The molecule has 0 radical (unpaired) electrons. The normalized spacial score (nSPS) is 24.9. The minimum Gasteiger partial charge on any atom is -0.492 e. The summed E-state index contributed by atoms with van der Waals surface area (Å²) in [7, 11) is 0. The van der Waals surface area contributed by atoms with Crippen LogP contribution < -0.4 is 4.74 Å². The Morgan fingerprint density at radius 1 is 1.24 bits per heavy atom. The third-order valence-corrected chi connectivity index (χ3v) is 4.31. The van der Waals surface area contributed by atoms with Gasteiger partial charge in [0.05, 0.1) is 11.8 Å². The molecule has 5 heteroatoms. The van der Waals surface area contributed by atoms with E-state index < -0.39 is 11.9 Å². The van der Waals surface area contributed by atoms with Crippen molar-refractivity contribution in [1.82, 2.24) is 4.90 Å². The second-order valence-electron chi connectivity index (χ2n) is 5.78. The molecule has 1 amide bonds. The van der Waals surface area contributed by atoms with E-state index in [1.807, 2.05) is 24.3 Å². The van der Waals surface area contributed by atoms with Gasteiger partial charge in [0.1, 0.15) is 12.4 Å². The van der Waals surface area contributed by atoms with E-state index in [9.17, 15) is 9.59 Å². The molecule has 0 aromatic heterocycles. The Kier molecular flexibility index (Phi) is 3.82. The second kappa shape index (κ2) is 5.76. The molecule has 1 N–H and O–H groups in total. The van der Waals surface area contributed by atoms with E-state index in [1.54, 1.807) is 4.90 Å². The molecule has 0 spiro atoms. The summed E-state index contributed by atoms with van der Waals surface area (Å²) in [5.41, 5.74) is 1.05. The maximum absolute atomic E-state index is 12.6. The Labute approximate surface area is 123 Å². The number of piperidine rings is 1. The molecule has 0 aliphatic carbocycles. The zero-order valence-corrected chi connectivity index (χ0v) is 11.8. The minimum absolute atomic E-state index is 0.0236. The monoisotopic (exact) mass is 289 g/mol. The highest BCUT2D eigenvalue weighted by atomic mass is 16.5. The van der Waals surface area contributed by atoms with Crippen molar-refractivity contribution in [2.24, 2.45) is 11.8 Å². The number of hydrogen-bond donors (Lipinski definition) is 1. The average molecular weight is 289 g/mol. The molecular weight excluding hydrogens is 270 g/mol. The van der Waals surface area contributed by atoms with Crippen LogP contribution >= 0.6 is 0 Å². The summed E-state index contributed by atoms with van der Waals surface area (Å²) >= 11 is 0. The van der Waals surface area contributed by atoms with Gasteiger partial charge in [-0.1, -0.05) is 18.2 Å². The summed E-state index contributed by atoms with van der Waals surface area (Å²) in [6, 6.07) is 7.75. The quantitative estimate of drug-likeness (QED) is 0.897. The van der Waals surface area contributed by atoms with Crippen molar-refractivity contribution in [2.45, 2.75) is 19.3 Å². The van der Waals surface area contributed by atoms with Crippen molar-refractivity contribution in [3.05, 3.63) is 29.8 Å². The van der Waals surface area contributed by atoms with Crippen molar-refractivity contribution < 1.29 is 19.4 Å². The van der Waals surface area contributed by atoms with Gasteiger partial charge in [-0.3, -0.25) is 9.59 Å². The van der Waals surface area contributed by atoms with Crippen LogP contribution in [0.15, 0.2) is 24.3 Å². The maximum atomic E-state index is 12.6. The van der Waals surface area contributed by atoms with Gasteiger partial charge in [-0.15, -0.1) is 0 Å². The number of carbonyl (C=O) groups excluding carboxylic acids is 1. The van der Waals surface area contributed by atoms with Crippen molar-refractivity contribution in [3.63, 3.8) is 0 Å². The highest BCUT2D eigenvalue weighted by Gasteiger charge is 2.33. The number of carboxylic acid groups (broad SMARTS) is 1. The lowest BCUT2D eigenvalue weighted by molar-refractivity contribution is -0.147. The number of aliphatic carboxylic acids is 1. The van der Waals surface area contributed by atoms with Crippen LogP contribution in [0.25, 0.3) is 0 Å². The van der Waals surface area contributed by atoms with E-state index in [0.717, 1.165) is 17.7 Å². The Balaban J connectivity index is 1.67. The molecule has 1 unspecified atom stereocenters. The van der Waals surface area contributed by atoms with Gasteiger partial charge in [0.15, 0.2) is 0 Å². The molecule has 21 heavy (non-hydrogen) atoms. The Morgan fingerprint density at radius 3 is 2.86 bits per heavy atom. The topological polar surface area (TPSA) is 66.8 Å². The number of rotatable bonds is 2. The first-order valence-electron chi connectivity index (χ1n) is 7.37. The summed E-state index contributed by atoms with van der Waals surface area (Å²) in [6.45, 7) is 1.36. The lowest BCUT2D eigenvalue weighted by atomic mass is 9.93. The zero-order valence-electron chi connectivity index (χ0n) is 11.8. The fourth-order valence-corrected chi connectivity index (χ4v) is 3.12. The van der Waals surface area contributed by atoms with E-state index >= 15 is 0 Å². The van der Waals surface area contributed by atoms with Crippen LogP contribution in [0.1, 0.15) is 18.4 Å². The summed E-state index contributed by atoms with van der Waals surface area (Å²) < 4.78 is 5.66. The van der Waals surface area contributed by atoms with E-state index in [-0.39, 0.29) is 11.8 Å². The van der Waals surface area contributed by atoms with Crippen LogP contribution in [0.5, 0.6) is 5.75 Å². The number of amides is 1. The number of carboxylic acids is 1. The fraction of sp³-hybridized carbons (Fsp3) is 0.500. The SMILES string of the molecule is O=C(O)[C@@H]1CCCN(C(=O)C2COc3ccccc3C2)C1. The van der Waals surface area contributed by atoms with E-state index in [2.05, 4.69) is 0 Å². The fourth-order valence-electron chi connectivity index (χ4n) is 3.12. The first kappa shape index (κ1) is 13.9. The van der Waals surface area contributed by atoms with Crippen LogP contribution in [0, 0.1) is 11.8 Å². The van der Waals surface area contributed by atoms with Gasteiger partial charge in [-0.05, 0) is 30.9 Å². The van der Waals surface area contributed by atoms with Crippen molar-refractivity contribution in [1.29, 1.82) is 0 Å². The van der Waals surface area contributed by atoms with Gasteiger partial charge in [-0.2, -0.15) is 0 Å². The minimum atomic E-state index is -0.808. The molecule has 2 aliphatic heterocycles. The largest absolute Gasteiger partial charge is 0.492 e. The van der Waals surface area contributed by atoms with Crippen molar-refractivity contribution >= 4 is 11.9 Å². The molecule has 5 nitrogen and oxygen atoms in total. The average Bonchev–Trinajstić information content (AvgIpc) is 2.53. The summed E-state index contributed by atoms with van der Waals surface area (Å²) in [5.74, 6) is -0.566. The van der Waals surface area contributed by atoms with Crippen LogP contribution in [0.4, 0.5) is 0 Å². The van der Waals surface area contributed by atoms with Crippen molar-refractivity contribution in [3.8, 4) is 5.75 Å². The predicted octanol–water partition coefficient (Wildman–Crippen LogP) is 1.56. The number of carbonyl (C=O) groups is 2. The molecule has 0 bridgehead atoms. The molecule has 1 saturated heterocycles. The number of likely N-dealkylation sites (tertiary alicyclic amines) is 1. The molecule has 2 aliphatic rings. The number of para-hydroxylation sites is 1. The van der Waals surface area contributed by atoms with E-state index in [1.165, 1.54) is 0 Å². The number of nitrogens with zero attached hydrogens (tertiary/aromatic N) is 1. The zero-order chi connectivity index (χ0) is 14.8. The number of hydrogen-bond acceptors (Lipinski definition) is 3. The molecule has 3 rings (SSSR count). The first-order chi connectivity index (χ1) is 10.1. The number of benzene rings is 1. The van der Waals surface area contributed by atoms with Crippen LogP contribution in [0.2, 0.25) is 0 Å². The predicted molar refractivity (Wildman–Crippen MR) is 76.1 cm³/mol. The maximum Gasteiger partial charge on any atom is 0.308 e. The molecule has 1 aromatic rings. The van der Waals surface area contributed by atoms with Gasteiger partial charge >= 0.3 is 5.97 Å². The third-order valence-electron chi connectivity index (χ3n) is 4.31. The van der Waals surface area contributed by atoms with Gasteiger partial charge < -0.3 is 14.7 Å². The lowest BCUT2D eigenvalue weighted by Crippen LogP contribution is -2.47. The standard InChI is InChI=1S/C16H19NO4/c18-15(17-7-3-5-12(9-17)16(19)20)13-8-11-4-1-2-6-14(11)21-10-13/h1-2,4,6,12-13H,3,5,7-10H2,(H,19,20)/t12-,13?/m1/s1. The molecule has 0 saturated carbocycles. The first-order valence-corrected chi connectivity index (χ1v) is 7.37. The molecule has 2 heterocycles. The summed E-state index contributed by atoms with van der Waals surface area (Å²) in [5, 5.41) is 9.12. The Hall–Kier alpha value is -2.04. The lowest BCUT2D eigenvalue weighted by Gasteiger charge is -2.34. The molecule has 1 aromatic carbocycles. The van der Waals surface area contributed by atoms with Crippen LogP contribution in [0.3, 0.4) is 0 Å². The molecular formula is C16H19NO4. The highest BCUT2D eigenvalue weighted by molar-refractivity contribution is 5.81. The van der Waals surface area contributed by atoms with Gasteiger partial charge in [0, 0.05) is 13.1 Å².